The maximum atomic E-state index is 2.29. The first-order valence-electron chi connectivity index (χ1n) is 4.13. The molecule has 0 bridgehead atoms. The third kappa shape index (κ3) is 4.42. The van der Waals surface area contributed by atoms with E-state index in [9.17, 15) is 0 Å². The molecule has 60 valence electrons. The lowest BCUT2D eigenvalue weighted by molar-refractivity contribution is 0.416. The summed E-state index contributed by atoms with van der Waals surface area (Å²) >= 11 is 0. The predicted octanol–water partition coefficient (Wildman–Crippen LogP) is 2.50. The van der Waals surface area contributed by atoms with Crippen LogP contribution in [0.4, 0.5) is 0 Å². The van der Waals surface area contributed by atoms with E-state index in [0.717, 1.165) is 13.1 Å². The molecular formula is C9H19N. The third-order valence-corrected chi connectivity index (χ3v) is 1.49. The summed E-state index contributed by atoms with van der Waals surface area (Å²) in [5.74, 6) is 0.667. The molecular weight excluding hydrogens is 122 g/mol. The highest BCUT2D eigenvalue weighted by Gasteiger charge is 1.89. The maximum absolute atomic E-state index is 2.29. The van der Waals surface area contributed by atoms with Gasteiger partial charge in [-0.15, -0.1) is 0 Å². The van der Waals surface area contributed by atoms with E-state index < -0.39 is 0 Å². The molecule has 0 saturated carbocycles. The van der Waals surface area contributed by atoms with Crippen LogP contribution >= 0.6 is 0 Å². The van der Waals surface area contributed by atoms with Gasteiger partial charge in [-0.25, -0.2) is 0 Å². The standard InChI is InChI=1S/C9H19N/c1-5-10(6-2)8-7-9(3)4/h7-9H,5-6H2,1-4H3. The number of hydrogen-bond donors (Lipinski definition) is 0. The molecule has 0 rings (SSSR count). The highest BCUT2D eigenvalue weighted by molar-refractivity contribution is 4.83. The van der Waals surface area contributed by atoms with Gasteiger partial charge in [0, 0.05) is 13.1 Å². The monoisotopic (exact) mass is 141 g/mol. The molecule has 0 aromatic carbocycles. The van der Waals surface area contributed by atoms with Crippen LogP contribution in [0, 0.1) is 5.92 Å². The average Bonchev–Trinajstić information content (AvgIpc) is 1.90. The first-order valence-corrected chi connectivity index (χ1v) is 4.13. The SMILES string of the molecule is CCN(C=CC(C)C)CC. The van der Waals surface area contributed by atoms with Gasteiger partial charge in [-0.1, -0.05) is 19.9 Å². The van der Waals surface area contributed by atoms with Crippen LogP contribution in [-0.2, 0) is 0 Å². The summed E-state index contributed by atoms with van der Waals surface area (Å²) < 4.78 is 0. The van der Waals surface area contributed by atoms with E-state index in [2.05, 4.69) is 44.9 Å². The first-order chi connectivity index (χ1) is 4.70. The lowest BCUT2D eigenvalue weighted by Gasteiger charge is -2.14. The molecule has 0 N–H and O–H groups in total. The van der Waals surface area contributed by atoms with E-state index in [4.69, 9.17) is 0 Å². The van der Waals surface area contributed by atoms with Crippen LogP contribution in [0.2, 0.25) is 0 Å². The fourth-order valence-electron chi connectivity index (χ4n) is 0.728. The summed E-state index contributed by atoms with van der Waals surface area (Å²) in [5, 5.41) is 0. The predicted molar refractivity (Wildman–Crippen MR) is 46.9 cm³/mol. The molecule has 0 saturated heterocycles. The zero-order valence-corrected chi connectivity index (χ0v) is 7.59. The molecule has 10 heavy (non-hydrogen) atoms. The Morgan fingerprint density at radius 1 is 1.20 bits per heavy atom. The van der Waals surface area contributed by atoms with E-state index in [1.165, 1.54) is 0 Å². The van der Waals surface area contributed by atoms with Crippen molar-refractivity contribution in [3.05, 3.63) is 12.3 Å². The van der Waals surface area contributed by atoms with E-state index >= 15 is 0 Å². The Morgan fingerprint density at radius 3 is 2.00 bits per heavy atom. The second kappa shape index (κ2) is 5.33. The van der Waals surface area contributed by atoms with Crippen molar-refractivity contribution in [1.29, 1.82) is 0 Å². The summed E-state index contributed by atoms with van der Waals surface area (Å²) in [5.41, 5.74) is 0. The summed E-state index contributed by atoms with van der Waals surface area (Å²) in [6.45, 7) is 11.0. The number of rotatable bonds is 4. The van der Waals surface area contributed by atoms with Gasteiger partial charge in [0.05, 0.1) is 0 Å². The molecule has 0 aliphatic carbocycles. The molecule has 0 heterocycles. The maximum Gasteiger partial charge on any atom is 0.0143 e. The Morgan fingerprint density at radius 2 is 1.70 bits per heavy atom. The molecule has 0 unspecified atom stereocenters. The Labute approximate surface area is 64.7 Å². The van der Waals surface area contributed by atoms with Gasteiger partial charge in [0.1, 0.15) is 0 Å². The van der Waals surface area contributed by atoms with Gasteiger partial charge >= 0.3 is 0 Å². The van der Waals surface area contributed by atoms with Crippen LogP contribution in [0.25, 0.3) is 0 Å². The fourth-order valence-corrected chi connectivity index (χ4v) is 0.728. The molecule has 0 atom stereocenters. The highest BCUT2D eigenvalue weighted by Crippen LogP contribution is 1.96. The van der Waals surface area contributed by atoms with E-state index in [1.807, 2.05) is 0 Å². The topological polar surface area (TPSA) is 3.24 Å². The normalized spacial score (nSPS) is 11.3. The van der Waals surface area contributed by atoms with Gasteiger partial charge in [-0.3, -0.25) is 0 Å². The molecule has 0 aliphatic heterocycles. The minimum Gasteiger partial charge on any atom is -0.378 e. The molecule has 1 nitrogen and oxygen atoms in total. The zero-order chi connectivity index (χ0) is 7.98. The van der Waals surface area contributed by atoms with Crippen molar-refractivity contribution in [1.82, 2.24) is 4.90 Å². The minimum absolute atomic E-state index is 0.667. The molecule has 0 amide bonds. The Bertz CT molecular complexity index is 90.9. The molecule has 0 fully saturated rings. The van der Waals surface area contributed by atoms with E-state index in [0.29, 0.717) is 5.92 Å². The first kappa shape index (κ1) is 9.54. The van der Waals surface area contributed by atoms with Crippen LogP contribution in [-0.4, -0.2) is 18.0 Å². The summed E-state index contributed by atoms with van der Waals surface area (Å²) in [6.07, 6.45) is 4.41. The molecule has 0 spiro atoms. The van der Waals surface area contributed by atoms with Crippen molar-refractivity contribution in [2.75, 3.05) is 13.1 Å². The number of allylic oxidation sites excluding steroid dienone is 1. The Balaban J connectivity index is 3.61. The van der Waals surface area contributed by atoms with Gasteiger partial charge in [-0.2, -0.15) is 0 Å². The van der Waals surface area contributed by atoms with Gasteiger partial charge in [0.25, 0.3) is 0 Å². The summed E-state index contributed by atoms with van der Waals surface area (Å²) in [6, 6.07) is 0. The van der Waals surface area contributed by atoms with Crippen molar-refractivity contribution in [3.63, 3.8) is 0 Å². The number of hydrogen-bond acceptors (Lipinski definition) is 1. The third-order valence-electron chi connectivity index (χ3n) is 1.49. The van der Waals surface area contributed by atoms with Crippen LogP contribution < -0.4 is 0 Å². The lowest BCUT2D eigenvalue weighted by atomic mass is 10.2. The summed E-state index contributed by atoms with van der Waals surface area (Å²) in [4.78, 5) is 2.29. The van der Waals surface area contributed by atoms with Crippen LogP contribution in [0.5, 0.6) is 0 Å². The highest BCUT2D eigenvalue weighted by atomic mass is 15.1. The lowest BCUT2D eigenvalue weighted by Crippen LogP contribution is -2.15. The summed E-state index contributed by atoms with van der Waals surface area (Å²) in [7, 11) is 0. The Kier molecular flexibility index (Phi) is 5.09. The van der Waals surface area contributed by atoms with E-state index in [1.54, 1.807) is 0 Å². The van der Waals surface area contributed by atoms with Crippen molar-refractivity contribution in [3.8, 4) is 0 Å². The zero-order valence-electron chi connectivity index (χ0n) is 7.59. The fraction of sp³-hybridized carbons (Fsp3) is 0.778. The van der Waals surface area contributed by atoms with E-state index in [-0.39, 0.29) is 0 Å². The second-order valence-corrected chi connectivity index (χ2v) is 2.81. The van der Waals surface area contributed by atoms with Crippen molar-refractivity contribution < 1.29 is 0 Å². The minimum atomic E-state index is 0.667. The van der Waals surface area contributed by atoms with Crippen LogP contribution in [0.1, 0.15) is 27.7 Å². The molecule has 0 aromatic heterocycles. The average molecular weight is 141 g/mol. The van der Waals surface area contributed by atoms with Crippen molar-refractivity contribution in [2.24, 2.45) is 5.92 Å². The Hall–Kier alpha value is -0.460. The molecule has 0 aliphatic rings. The van der Waals surface area contributed by atoms with Gasteiger partial charge < -0.3 is 4.90 Å². The van der Waals surface area contributed by atoms with Crippen molar-refractivity contribution in [2.45, 2.75) is 27.7 Å². The molecule has 0 radical (unpaired) electrons. The number of nitrogens with zero attached hydrogens (tertiary/aromatic N) is 1. The van der Waals surface area contributed by atoms with Crippen LogP contribution in [0.15, 0.2) is 12.3 Å². The smallest absolute Gasteiger partial charge is 0.0143 e. The second-order valence-electron chi connectivity index (χ2n) is 2.81. The van der Waals surface area contributed by atoms with Crippen LogP contribution in [0.3, 0.4) is 0 Å². The quantitative estimate of drug-likeness (QED) is 0.581. The van der Waals surface area contributed by atoms with Crippen molar-refractivity contribution >= 4 is 0 Å². The van der Waals surface area contributed by atoms with Gasteiger partial charge in [0.15, 0.2) is 0 Å². The molecule has 1 heteroatoms. The van der Waals surface area contributed by atoms with Gasteiger partial charge in [-0.05, 0) is 26.0 Å². The van der Waals surface area contributed by atoms with Gasteiger partial charge in [0.2, 0.25) is 0 Å². The largest absolute Gasteiger partial charge is 0.378 e. The molecule has 0 aromatic rings.